The minimum Gasteiger partial charge on any atom is -0.467 e. The number of amides is 1. The van der Waals surface area contributed by atoms with Crippen LogP contribution in [-0.2, 0) is 17.8 Å². The van der Waals surface area contributed by atoms with E-state index in [0.717, 1.165) is 11.3 Å². The Bertz CT molecular complexity index is 594. The second-order valence-electron chi connectivity index (χ2n) is 4.47. The van der Waals surface area contributed by atoms with Crippen molar-refractivity contribution < 1.29 is 9.21 Å². The first kappa shape index (κ1) is 13.9. The largest absolute Gasteiger partial charge is 0.467 e. The van der Waals surface area contributed by atoms with E-state index >= 15 is 0 Å². The first-order valence-corrected chi connectivity index (χ1v) is 6.52. The van der Waals surface area contributed by atoms with Gasteiger partial charge in [0, 0.05) is 6.54 Å². The van der Waals surface area contributed by atoms with Crippen LogP contribution in [0, 0.1) is 11.3 Å². The van der Waals surface area contributed by atoms with Gasteiger partial charge in [-0.1, -0.05) is 12.1 Å². The van der Waals surface area contributed by atoms with Gasteiger partial charge in [0.15, 0.2) is 0 Å². The molecule has 0 saturated heterocycles. The zero-order valence-electron chi connectivity index (χ0n) is 11.4. The molecule has 4 nitrogen and oxygen atoms in total. The van der Waals surface area contributed by atoms with Gasteiger partial charge in [-0.05, 0) is 36.8 Å². The average molecular weight is 268 g/mol. The van der Waals surface area contributed by atoms with Gasteiger partial charge in [0.2, 0.25) is 5.91 Å². The van der Waals surface area contributed by atoms with Crippen molar-refractivity contribution >= 4 is 5.91 Å². The van der Waals surface area contributed by atoms with E-state index < -0.39 is 0 Å². The molecule has 0 unspecified atom stereocenters. The molecule has 0 aliphatic heterocycles. The van der Waals surface area contributed by atoms with Crippen LogP contribution in [0.25, 0.3) is 0 Å². The van der Waals surface area contributed by atoms with Crippen LogP contribution in [-0.4, -0.2) is 17.4 Å². The van der Waals surface area contributed by atoms with Gasteiger partial charge in [-0.25, -0.2) is 0 Å². The maximum absolute atomic E-state index is 12.2. The molecule has 1 amide bonds. The summed E-state index contributed by atoms with van der Waals surface area (Å²) in [6.07, 6.45) is 1.94. The van der Waals surface area contributed by atoms with Gasteiger partial charge in [-0.3, -0.25) is 4.79 Å². The summed E-state index contributed by atoms with van der Waals surface area (Å²) in [5, 5.41) is 8.74. The van der Waals surface area contributed by atoms with E-state index in [0.29, 0.717) is 25.1 Å². The lowest BCUT2D eigenvalue weighted by Crippen LogP contribution is -2.31. The van der Waals surface area contributed by atoms with Gasteiger partial charge in [0.05, 0.1) is 30.9 Å². The lowest BCUT2D eigenvalue weighted by atomic mass is 10.1. The third-order valence-electron chi connectivity index (χ3n) is 3.10. The van der Waals surface area contributed by atoms with Crippen LogP contribution in [0.3, 0.4) is 0 Å². The van der Waals surface area contributed by atoms with Crippen molar-refractivity contribution in [2.45, 2.75) is 19.9 Å². The molecular formula is C16H16N2O2. The lowest BCUT2D eigenvalue weighted by molar-refractivity contribution is -0.131. The number of likely N-dealkylation sites (N-methyl/N-ethyl adjacent to an activating group) is 1. The average Bonchev–Trinajstić information content (AvgIpc) is 2.98. The number of hydrogen-bond acceptors (Lipinski definition) is 3. The molecule has 0 bridgehead atoms. The number of carbonyl (C=O) groups excluding carboxylic acids is 1. The first-order valence-electron chi connectivity index (χ1n) is 6.52. The van der Waals surface area contributed by atoms with E-state index in [1.54, 1.807) is 23.3 Å². The molecule has 0 aliphatic rings. The molecule has 0 saturated carbocycles. The molecule has 4 heteroatoms. The zero-order chi connectivity index (χ0) is 14.4. The second-order valence-corrected chi connectivity index (χ2v) is 4.47. The summed E-state index contributed by atoms with van der Waals surface area (Å²) in [7, 11) is 0. The highest BCUT2D eigenvalue weighted by Crippen LogP contribution is 2.09. The van der Waals surface area contributed by atoms with E-state index in [-0.39, 0.29) is 5.91 Å². The third-order valence-corrected chi connectivity index (χ3v) is 3.10. The molecule has 0 aliphatic carbocycles. The molecule has 1 aromatic heterocycles. The van der Waals surface area contributed by atoms with E-state index in [1.165, 1.54) is 0 Å². The summed E-state index contributed by atoms with van der Waals surface area (Å²) in [5.41, 5.74) is 1.51. The minimum absolute atomic E-state index is 0.0496. The molecule has 0 N–H and O–H groups in total. The number of nitriles is 1. The number of rotatable bonds is 5. The zero-order valence-corrected chi connectivity index (χ0v) is 11.4. The van der Waals surface area contributed by atoms with Crippen molar-refractivity contribution in [1.82, 2.24) is 4.90 Å². The second kappa shape index (κ2) is 6.58. The normalized spacial score (nSPS) is 10.0. The van der Waals surface area contributed by atoms with Gasteiger partial charge in [0.25, 0.3) is 0 Å². The van der Waals surface area contributed by atoms with Crippen molar-refractivity contribution in [2.24, 2.45) is 0 Å². The minimum atomic E-state index is 0.0496. The molecule has 1 heterocycles. The number of nitrogens with zero attached hydrogens (tertiary/aromatic N) is 2. The fourth-order valence-electron chi connectivity index (χ4n) is 1.95. The molecule has 0 atom stereocenters. The van der Waals surface area contributed by atoms with E-state index in [2.05, 4.69) is 6.07 Å². The van der Waals surface area contributed by atoms with E-state index in [9.17, 15) is 4.79 Å². The predicted molar refractivity (Wildman–Crippen MR) is 74.7 cm³/mol. The monoisotopic (exact) mass is 268 g/mol. The van der Waals surface area contributed by atoms with Crippen LogP contribution < -0.4 is 0 Å². The van der Waals surface area contributed by atoms with Crippen LogP contribution in [0.15, 0.2) is 47.1 Å². The van der Waals surface area contributed by atoms with Crippen molar-refractivity contribution in [1.29, 1.82) is 5.26 Å². The Labute approximate surface area is 118 Å². The molecule has 0 fully saturated rings. The number of carbonyl (C=O) groups is 1. The van der Waals surface area contributed by atoms with Crippen LogP contribution in [0.4, 0.5) is 0 Å². The van der Waals surface area contributed by atoms with Crippen LogP contribution in [0.1, 0.15) is 23.8 Å². The summed E-state index contributed by atoms with van der Waals surface area (Å²) < 4.78 is 5.27. The quantitative estimate of drug-likeness (QED) is 0.837. The Kier molecular flexibility index (Phi) is 4.56. The lowest BCUT2D eigenvalue weighted by Gasteiger charge is -2.19. The highest BCUT2D eigenvalue weighted by atomic mass is 16.3. The van der Waals surface area contributed by atoms with E-state index in [4.69, 9.17) is 9.68 Å². The number of furan rings is 1. The van der Waals surface area contributed by atoms with Crippen molar-refractivity contribution in [3.05, 3.63) is 59.5 Å². The van der Waals surface area contributed by atoms with Crippen LogP contribution in [0.2, 0.25) is 0 Å². The van der Waals surface area contributed by atoms with Crippen LogP contribution in [0.5, 0.6) is 0 Å². The Morgan fingerprint density at radius 1 is 1.30 bits per heavy atom. The van der Waals surface area contributed by atoms with Crippen molar-refractivity contribution in [3.63, 3.8) is 0 Å². The SMILES string of the molecule is CCN(Cc1ccco1)C(=O)Cc1ccc(C#N)cc1. The molecule has 2 rings (SSSR count). The maximum Gasteiger partial charge on any atom is 0.227 e. The van der Waals surface area contributed by atoms with Gasteiger partial charge in [0.1, 0.15) is 5.76 Å². The van der Waals surface area contributed by atoms with Gasteiger partial charge < -0.3 is 9.32 Å². The Balaban J connectivity index is 1.99. The fraction of sp³-hybridized carbons (Fsp3) is 0.250. The molecule has 102 valence electrons. The third kappa shape index (κ3) is 3.48. The smallest absolute Gasteiger partial charge is 0.227 e. The Morgan fingerprint density at radius 2 is 2.05 bits per heavy atom. The number of benzene rings is 1. The summed E-state index contributed by atoms with van der Waals surface area (Å²) in [5.74, 6) is 0.827. The number of hydrogen-bond donors (Lipinski definition) is 0. The standard InChI is InChI=1S/C16H16N2O2/c1-2-18(12-15-4-3-9-20-15)16(19)10-13-5-7-14(11-17)8-6-13/h3-9H,2,10,12H2,1H3. The molecule has 0 radical (unpaired) electrons. The summed E-state index contributed by atoms with van der Waals surface area (Å²) in [6.45, 7) is 3.06. The van der Waals surface area contributed by atoms with Gasteiger partial charge in [-0.2, -0.15) is 5.26 Å². The van der Waals surface area contributed by atoms with Crippen molar-refractivity contribution in [3.8, 4) is 6.07 Å². The first-order chi connectivity index (χ1) is 9.72. The highest BCUT2D eigenvalue weighted by molar-refractivity contribution is 5.78. The molecular weight excluding hydrogens is 252 g/mol. The predicted octanol–water partition coefficient (Wildman–Crippen LogP) is 2.74. The van der Waals surface area contributed by atoms with Crippen LogP contribution >= 0.6 is 0 Å². The van der Waals surface area contributed by atoms with E-state index in [1.807, 2.05) is 31.2 Å². The fourth-order valence-corrected chi connectivity index (χ4v) is 1.95. The molecule has 0 spiro atoms. The Hall–Kier alpha value is -2.54. The molecule has 1 aromatic carbocycles. The molecule has 20 heavy (non-hydrogen) atoms. The summed E-state index contributed by atoms with van der Waals surface area (Å²) in [4.78, 5) is 14.0. The Morgan fingerprint density at radius 3 is 2.60 bits per heavy atom. The topological polar surface area (TPSA) is 57.2 Å². The van der Waals surface area contributed by atoms with Gasteiger partial charge in [-0.15, -0.1) is 0 Å². The highest BCUT2D eigenvalue weighted by Gasteiger charge is 2.14. The summed E-state index contributed by atoms with van der Waals surface area (Å²) >= 11 is 0. The summed E-state index contributed by atoms with van der Waals surface area (Å²) in [6, 6.07) is 12.8. The van der Waals surface area contributed by atoms with Crippen molar-refractivity contribution in [2.75, 3.05) is 6.54 Å². The maximum atomic E-state index is 12.2. The van der Waals surface area contributed by atoms with Gasteiger partial charge >= 0.3 is 0 Å². The molecule has 2 aromatic rings.